The molecule has 0 aromatic heterocycles. The number of nitrogen functional groups attached to an aromatic ring is 1. The summed E-state index contributed by atoms with van der Waals surface area (Å²) in [6.07, 6.45) is 2.87. The van der Waals surface area contributed by atoms with E-state index in [1.54, 1.807) is 0 Å². The first kappa shape index (κ1) is 12.6. The molecule has 2 N–H and O–H groups in total. The normalized spacial score (nSPS) is 10.9. The molecule has 0 amide bonds. The summed E-state index contributed by atoms with van der Waals surface area (Å²) in [7, 11) is 0. The minimum atomic E-state index is 0.624. The Balaban J connectivity index is 2.99. The summed E-state index contributed by atoms with van der Waals surface area (Å²) in [5.41, 5.74) is 8.75. The summed E-state index contributed by atoms with van der Waals surface area (Å²) in [5.74, 6) is 0.750. The van der Waals surface area contributed by atoms with Gasteiger partial charge in [0, 0.05) is 18.3 Å². The van der Waals surface area contributed by atoms with Crippen molar-refractivity contribution in [1.29, 1.82) is 0 Å². The van der Waals surface area contributed by atoms with Crippen LogP contribution in [0.5, 0.6) is 5.75 Å². The molecule has 0 radical (unpaired) electrons. The van der Waals surface area contributed by atoms with E-state index in [0.717, 1.165) is 29.8 Å². The van der Waals surface area contributed by atoms with E-state index >= 15 is 0 Å². The number of aryl methyl sites for hydroxylation is 1. The van der Waals surface area contributed by atoms with Gasteiger partial charge in [0.2, 0.25) is 0 Å². The molecule has 16 heavy (non-hydrogen) atoms. The summed E-state index contributed by atoms with van der Waals surface area (Å²) < 4.78 is 5.48. The standard InChI is InChI=1S/C13H20N2O/c1-4-6-15-9-11-7-10(3)8-12(13(11)14)16-5-2/h7-9H,4-6,14H2,1-3H3. The van der Waals surface area contributed by atoms with Gasteiger partial charge in [-0.1, -0.05) is 6.92 Å². The molecule has 0 saturated carbocycles. The highest BCUT2D eigenvalue weighted by molar-refractivity contribution is 5.89. The van der Waals surface area contributed by atoms with Gasteiger partial charge >= 0.3 is 0 Å². The van der Waals surface area contributed by atoms with Crippen LogP contribution in [0.4, 0.5) is 5.69 Å². The molecule has 1 aromatic rings. The molecule has 0 bridgehead atoms. The summed E-state index contributed by atoms with van der Waals surface area (Å²) in [5, 5.41) is 0. The van der Waals surface area contributed by atoms with Crippen LogP contribution < -0.4 is 10.5 Å². The van der Waals surface area contributed by atoms with Crippen molar-refractivity contribution in [3.8, 4) is 5.75 Å². The Morgan fingerprint density at radius 3 is 2.75 bits per heavy atom. The molecule has 0 fully saturated rings. The molecule has 1 aromatic carbocycles. The van der Waals surface area contributed by atoms with Crippen LogP contribution in [0.1, 0.15) is 31.4 Å². The highest BCUT2D eigenvalue weighted by Gasteiger charge is 2.05. The fourth-order valence-corrected chi connectivity index (χ4v) is 1.47. The van der Waals surface area contributed by atoms with E-state index in [1.165, 1.54) is 0 Å². The highest BCUT2D eigenvalue weighted by atomic mass is 16.5. The Morgan fingerprint density at radius 1 is 1.38 bits per heavy atom. The van der Waals surface area contributed by atoms with E-state index < -0.39 is 0 Å². The minimum Gasteiger partial charge on any atom is -0.492 e. The topological polar surface area (TPSA) is 47.6 Å². The molecule has 3 heteroatoms. The Bertz CT molecular complexity index is 372. The lowest BCUT2D eigenvalue weighted by Crippen LogP contribution is -2.01. The molecular formula is C13H20N2O. The van der Waals surface area contributed by atoms with E-state index in [0.29, 0.717) is 12.3 Å². The van der Waals surface area contributed by atoms with Gasteiger partial charge in [0.1, 0.15) is 5.75 Å². The van der Waals surface area contributed by atoms with Gasteiger partial charge in [-0.25, -0.2) is 0 Å². The van der Waals surface area contributed by atoms with Crippen LogP contribution in [-0.2, 0) is 0 Å². The maximum absolute atomic E-state index is 6.00. The number of hydrogen-bond acceptors (Lipinski definition) is 3. The second kappa shape index (κ2) is 6.16. The van der Waals surface area contributed by atoms with Gasteiger partial charge in [-0.15, -0.1) is 0 Å². The summed E-state index contributed by atoms with van der Waals surface area (Å²) in [4.78, 5) is 4.30. The van der Waals surface area contributed by atoms with Crippen LogP contribution in [0, 0.1) is 6.92 Å². The first-order valence-corrected chi connectivity index (χ1v) is 5.71. The molecule has 1 rings (SSSR count). The summed E-state index contributed by atoms with van der Waals surface area (Å²) in [6, 6.07) is 3.98. The zero-order chi connectivity index (χ0) is 12.0. The van der Waals surface area contributed by atoms with Crippen molar-refractivity contribution in [2.24, 2.45) is 4.99 Å². The maximum atomic E-state index is 6.00. The molecule has 3 nitrogen and oxygen atoms in total. The second-order valence-corrected chi connectivity index (χ2v) is 3.73. The quantitative estimate of drug-likeness (QED) is 0.612. The summed E-state index contributed by atoms with van der Waals surface area (Å²) >= 11 is 0. The van der Waals surface area contributed by atoms with E-state index in [9.17, 15) is 0 Å². The van der Waals surface area contributed by atoms with Gasteiger partial charge in [0.25, 0.3) is 0 Å². The number of hydrogen-bond donors (Lipinski definition) is 1. The van der Waals surface area contributed by atoms with Gasteiger partial charge in [-0.3, -0.25) is 4.99 Å². The van der Waals surface area contributed by atoms with Crippen molar-refractivity contribution >= 4 is 11.9 Å². The van der Waals surface area contributed by atoms with Crippen LogP contribution in [0.15, 0.2) is 17.1 Å². The molecule has 88 valence electrons. The average Bonchev–Trinajstić information content (AvgIpc) is 2.25. The third-order valence-electron chi connectivity index (χ3n) is 2.20. The van der Waals surface area contributed by atoms with Crippen LogP contribution >= 0.6 is 0 Å². The van der Waals surface area contributed by atoms with Crippen molar-refractivity contribution in [3.63, 3.8) is 0 Å². The third kappa shape index (κ3) is 3.26. The Morgan fingerprint density at radius 2 is 2.12 bits per heavy atom. The number of ether oxygens (including phenoxy) is 1. The fourth-order valence-electron chi connectivity index (χ4n) is 1.47. The Labute approximate surface area is 97.3 Å². The third-order valence-corrected chi connectivity index (χ3v) is 2.20. The molecule has 0 unspecified atom stereocenters. The number of aliphatic imine (C=N–C) groups is 1. The predicted molar refractivity (Wildman–Crippen MR) is 69.5 cm³/mol. The molecule has 0 spiro atoms. The lowest BCUT2D eigenvalue weighted by molar-refractivity contribution is 0.342. The fraction of sp³-hybridized carbons (Fsp3) is 0.462. The van der Waals surface area contributed by atoms with Gasteiger partial charge in [0.15, 0.2) is 0 Å². The number of benzene rings is 1. The zero-order valence-electron chi connectivity index (χ0n) is 10.3. The molecular weight excluding hydrogens is 200 g/mol. The lowest BCUT2D eigenvalue weighted by atomic mass is 10.1. The van der Waals surface area contributed by atoms with Crippen molar-refractivity contribution in [2.75, 3.05) is 18.9 Å². The molecule has 0 aliphatic heterocycles. The monoisotopic (exact) mass is 220 g/mol. The Kier molecular flexibility index (Phi) is 4.83. The van der Waals surface area contributed by atoms with Crippen molar-refractivity contribution in [1.82, 2.24) is 0 Å². The van der Waals surface area contributed by atoms with Gasteiger partial charge in [0.05, 0.1) is 12.3 Å². The van der Waals surface area contributed by atoms with E-state index in [4.69, 9.17) is 10.5 Å². The molecule has 0 aliphatic rings. The highest BCUT2D eigenvalue weighted by Crippen LogP contribution is 2.26. The van der Waals surface area contributed by atoms with Crippen molar-refractivity contribution in [3.05, 3.63) is 23.3 Å². The first-order chi connectivity index (χ1) is 7.69. The smallest absolute Gasteiger partial charge is 0.143 e. The predicted octanol–water partition coefficient (Wildman–Crippen LogP) is 2.80. The van der Waals surface area contributed by atoms with E-state index in [2.05, 4.69) is 11.9 Å². The van der Waals surface area contributed by atoms with Gasteiger partial charge < -0.3 is 10.5 Å². The first-order valence-electron chi connectivity index (χ1n) is 5.71. The molecule has 0 atom stereocenters. The van der Waals surface area contributed by atoms with Crippen molar-refractivity contribution in [2.45, 2.75) is 27.2 Å². The SMILES string of the molecule is CCCN=Cc1cc(C)cc(OCC)c1N. The zero-order valence-corrected chi connectivity index (χ0v) is 10.3. The van der Waals surface area contributed by atoms with E-state index in [-0.39, 0.29) is 0 Å². The average molecular weight is 220 g/mol. The van der Waals surface area contributed by atoms with Gasteiger partial charge in [-0.2, -0.15) is 0 Å². The summed E-state index contributed by atoms with van der Waals surface area (Å²) in [6.45, 7) is 7.53. The number of nitrogens with zero attached hydrogens (tertiary/aromatic N) is 1. The maximum Gasteiger partial charge on any atom is 0.143 e. The van der Waals surface area contributed by atoms with Crippen molar-refractivity contribution < 1.29 is 4.74 Å². The minimum absolute atomic E-state index is 0.624. The molecule has 0 saturated heterocycles. The molecule has 0 heterocycles. The second-order valence-electron chi connectivity index (χ2n) is 3.73. The lowest BCUT2D eigenvalue weighted by Gasteiger charge is -2.10. The van der Waals surface area contributed by atoms with Crippen LogP contribution in [-0.4, -0.2) is 19.4 Å². The molecule has 0 aliphatic carbocycles. The van der Waals surface area contributed by atoms with Crippen LogP contribution in [0.2, 0.25) is 0 Å². The number of nitrogens with two attached hydrogens (primary N) is 1. The number of rotatable bonds is 5. The van der Waals surface area contributed by atoms with E-state index in [1.807, 2.05) is 32.2 Å². The largest absolute Gasteiger partial charge is 0.492 e. The van der Waals surface area contributed by atoms with Crippen LogP contribution in [0.25, 0.3) is 0 Å². The Hall–Kier alpha value is -1.51. The van der Waals surface area contributed by atoms with Crippen LogP contribution in [0.3, 0.4) is 0 Å². The number of anilines is 1. The van der Waals surface area contributed by atoms with Gasteiger partial charge in [-0.05, 0) is 38.0 Å².